The van der Waals surface area contributed by atoms with E-state index in [9.17, 15) is 32.9 Å². The summed E-state index contributed by atoms with van der Waals surface area (Å²) in [5.74, 6) is -1.20. The molecule has 8 nitrogen and oxygen atoms in total. The monoisotopic (exact) mass is 465 g/mol. The molecule has 33 heavy (non-hydrogen) atoms. The van der Waals surface area contributed by atoms with Gasteiger partial charge in [0.15, 0.2) is 0 Å². The third-order valence-electron chi connectivity index (χ3n) is 5.23. The maximum Gasteiger partial charge on any atom is 0.416 e. The molecule has 0 radical (unpaired) electrons. The summed E-state index contributed by atoms with van der Waals surface area (Å²) in [6.07, 6.45) is -4.38. The van der Waals surface area contributed by atoms with Crippen molar-refractivity contribution in [3.05, 3.63) is 74.8 Å². The predicted molar refractivity (Wildman–Crippen MR) is 112 cm³/mol. The first kappa shape index (κ1) is 24.2. The van der Waals surface area contributed by atoms with Gasteiger partial charge in [0.05, 0.1) is 22.7 Å². The molecule has 11 heteroatoms. The van der Waals surface area contributed by atoms with Crippen molar-refractivity contribution in [2.75, 3.05) is 32.8 Å². The van der Waals surface area contributed by atoms with Crippen LogP contribution in [0.15, 0.2) is 42.5 Å². The lowest BCUT2D eigenvalue weighted by atomic mass is 10.1. The molecular formula is C22H22F3N3O5. The van der Waals surface area contributed by atoms with E-state index in [1.165, 1.54) is 23.1 Å². The third kappa shape index (κ3) is 6.07. The predicted octanol–water partition coefficient (Wildman–Crippen LogP) is 3.75. The Morgan fingerprint density at radius 3 is 2.18 bits per heavy atom. The molecule has 176 valence electrons. The highest BCUT2D eigenvalue weighted by Gasteiger charge is 2.30. The number of nitro groups is 1. The number of amides is 1. The van der Waals surface area contributed by atoms with Crippen molar-refractivity contribution in [1.29, 1.82) is 0 Å². The second kappa shape index (κ2) is 9.99. The van der Waals surface area contributed by atoms with Crippen molar-refractivity contribution in [3.63, 3.8) is 0 Å². The van der Waals surface area contributed by atoms with Crippen molar-refractivity contribution in [3.8, 4) is 0 Å². The second-order valence-corrected chi connectivity index (χ2v) is 7.51. The Morgan fingerprint density at radius 1 is 1.03 bits per heavy atom. The first-order chi connectivity index (χ1) is 15.6. The van der Waals surface area contributed by atoms with Gasteiger partial charge in [-0.25, -0.2) is 4.79 Å². The molecule has 0 atom stereocenters. The minimum Gasteiger partial charge on any atom is -0.462 e. The molecule has 1 fully saturated rings. The van der Waals surface area contributed by atoms with Crippen molar-refractivity contribution < 1.29 is 32.4 Å². The van der Waals surface area contributed by atoms with Crippen LogP contribution in [0.25, 0.3) is 0 Å². The summed E-state index contributed by atoms with van der Waals surface area (Å²) >= 11 is 0. The molecule has 0 bridgehead atoms. The quantitative estimate of drug-likeness (QED) is 0.367. The van der Waals surface area contributed by atoms with Gasteiger partial charge in [0.1, 0.15) is 0 Å². The van der Waals surface area contributed by atoms with Gasteiger partial charge in [-0.05, 0) is 30.7 Å². The maximum absolute atomic E-state index is 12.9. The molecule has 1 aliphatic heterocycles. The number of halogens is 3. The second-order valence-electron chi connectivity index (χ2n) is 7.51. The summed E-state index contributed by atoms with van der Waals surface area (Å²) in [6, 6.07) is 8.41. The van der Waals surface area contributed by atoms with E-state index in [-0.39, 0.29) is 23.4 Å². The zero-order valence-corrected chi connectivity index (χ0v) is 17.8. The van der Waals surface area contributed by atoms with Gasteiger partial charge in [0.25, 0.3) is 11.6 Å². The van der Waals surface area contributed by atoms with Crippen LogP contribution in [0.1, 0.15) is 38.8 Å². The van der Waals surface area contributed by atoms with Crippen LogP contribution in [0.4, 0.5) is 18.9 Å². The zero-order chi connectivity index (χ0) is 24.2. The summed E-state index contributed by atoms with van der Waals surface area (Å²) < 4.78 is 43.0. The van der Waals surface area contributed by atoms with Crippen LogP contribution in [0.5, 0.6) is 0 Å². The van der Waals surface area contributed by atoms with Crippen molar-refractivity contribution in [2.45, 2.75) is 19.6 Å². The fourth-order valence-electron chi connectivity index (χ4n) is 3.52. The molecule has 0 saturated carbocycles. The fourth-order valence-corrected chi connectivity index (χ4v) is 3.52. The van der Waals surface area contributed by atoms with E-state index in [0.717, 1.165) is 29.8 Å². The number of esters is 1. The minimum absolute atomic E-state index is 0.0171. The Morgan fingerprint density at radius 2 is 1.64 bits per heavy atom. The summed E-state index contributed by atoms with van der Waals surface area (Å²) in [5.41, 5.74) is -0.426. The molecule has 0 unspecified atom stereocenters. The van der Waals surface area contributed by atoms with Crippen molar-refractivity contribution in [1.82, 2.24) is 9.80 Å². The van der Waals surface area contributed by atoms with Gasteiger partial charge in [-0.1, -0.05) is 12.1 Å². The molecular weight excluding hydrogens is 443 g/mol. The van der Waals surface area contributed by atoms with E-state index in [4.69, 9.17) is 4.74 Å². The summed E-state index contributed by atoms with van der Waals surface area (Å²) in [5, 5.41) is 11.2. The normalized spacial score (nSPS) is 14.7. The highest BCUT2D eigenvalue weighted by atomic mass is 19.4. The largest absolute Gasteiger partial charge is 0.462 e. The van der Waals surface area contributed by atoms with Gasteiger partial charge in [-0.2, -0.15) is 13.2 Å². The number of benzene rings is 2. The maximum atomic E-state index is 12.9. The van der Waals surface area contributed by atoms with E-state index in [0.29, 0.717) is 32.7 Å². The highest BCUT2D eigenvalue weighted by molar-refractivity contribution is 5.99. The first-order valence-corrected chi connectivity index (χ1v) is 10.2. The Balaban J connectivity index is 1.65. The molecule has 1 heterocycles. The molecule has 0 aromatic heterocycles. The molecule has 1 amide bonds. The molecule has 0 aliphatic carbocycles. The Kier molecular flexibility index (Phi) is 7.32. The van der Waals surface area contributed by atoms with Crippen LogP contribution in [-0.4, -0.2) is 59.4 Å². The Labute approximate surface area is 187 Å². The van der Waals surface area contributed by atoms with E-state index in [1.807, 2.05) is 4.90 Å². The van der Waals surface area contributed by atoms with Crippen LogP contribution in [-0.2, 0) is 17.5 Å². The number of non-ortho nitro benzene ring substituents is 1. The van der Waals surface area contributed by atoms with Crippen LogP contribution in [0.3, 0.4) is 0 Å². The lowest BCUT2D eigenvalue weighted by Gasteiger charge is -2.34. The van der Waals surface area contributed by atoms with Gasteiger partial charge < -0.3 is 9.64 Å². The molecule has 0 spiro atoms. The van der Waals surface area contributed by atoms with Gasteiger partial charge in [-0.3, -0.25) is 19.8 Å². The smallest absolute Gasteiger partial charge is 0.416 e. The molecule has 1 aliphatic rings. The number of alkyl halides is 3. The summed E-state index contributed by atoms with van der Waals surface area (Å²) in [6.45, 7) is 3.74. The van der Waals surface area contributed by atoms with Gasteiger partial charge in [-0.15, -0.1) is 0 Å². The number of carbonyl (C=O) groups is 2. The lowest BCUT2D eigenvalue weighted by molar-refractivity contribution is -0.384. The third-order valence-corrected chi connectivity index (χ3v) is 5.23. The summed E-state index contributed by atoms with van der Waals surface area (Å²) in [4.78, 5) is 39.0. The van der Waals surface area contributed by atoms with Crippen LogP contribution in [0.2, 0.25) is 0 Å². The number of piperazine rings is 1. The van der Waals surface area contributed by atoms with Crippen molar-refractivity contribution in [2.24, 2.45) is 0 Å². The molecule has 2 aromatic rings. The lowest BCUT2D eigenvalue weighted by Crippen LogP contribution is -2.48. The topological polar surface area (TPSA) is 93.0 Å². The Bertz CT molecular complexity index is 1030. The molecule has 1 saturated heterocycles. The number of carbonyl (C=O) groups excluding carboxylic acids is 2. The Hall–Kier alpha value is -3.47. The van der Waals surface area contributed by atoms with E-state index in [2.05, 4.69) is 0 Å². The standard InChI is InChI=1S/C22H22F3N3O5/c1-2-33-21(30)17-11-16(12-19(13-17)28(31)32)20(29)27-9-7-26(8-10-27)14-15-3-5-18(6-4-15)22(23,24)25/h3-6,11-13H,2,7-10,14H2,1H3. The number of ether oxygens (including phenoxy) is 1. The molecule has 0 N–H and O–H groups in total. The van der Waals surface area contributed by atoms with Gasteiger partial charge in [0, 0.05) is 50.4 Å². The summed E-state index contributed by atoms with van der Waals surface area (Å²) in [7, 11) is 0. The number of hydrogen-bond acceptors (Lipinski definition) is 6. The van der Waals surface area contributed by atoms with Crippen LogP contribution in [0, 0.1) is 10.1 Å². The van der Waals surface area contributed by atoms with E-state index < -0.39 is 28.5 Å². The average Bonchev–Trinajstić information content (AvgIpc) is 2.78. The number of rotatable bonds is 6. The SMILES string of the molecule is CCOC(=O)c1cc(C(=O)N2CCN(Cc3ccc(C(F)(F)F)cc3)CC2)cc([N+](=O)[O-])c1. The average molecular weight is 465 g/mol. The van der Waals surface area contributed by atoms with Gasteiger partial charge >= 0.3 is 12.1 Å². The minimum atomic E-state index is -4.38. The zero-order valence-electron chi connectivity index (χ0n) is 17.8. The number of nitro benzene ring substituents is 1. The van der Waals surface area contributed by atoms with Crippen LogP contribution >= 0.6 is 0 Å². The molecule has 2 aromatic carbocycles. The van der Waals surface area contributed by atoms with E-state index >= 15 is 0 Å². The van der Waals surface area contributed by atoms with Crippen molar-refractivity contribution >= 4 is 17.6 Å². The fraction of sp³-hybridized carbons (Fsp3) is 0.364. The van der Waals surface area contributed by atoms with Crippen LogP contribution < -0.4 is 0 Å². The van der Waals surface area contributed by atoms with E-state index in [1.54, 1.807) is 6.92 Å². The molecule has 3 rings (SSSR count). The number of nitrogens with zero attached hydrogens (tertiary/aromatic N) is 3. The number of hydrogen-bond donors (Lipinski definition) is 0. The van der Waals surface area contributed by atoms with Gasteiger partial charge in [0.2, 0.25) is 0 Å². The highest BCUT2D eigenvalue weighted by Crippen LogP contribution is 2.29. The first-order valence-electron chi connectivity index (χ1n) is 10.2.